The third kappa shape index (κ3) is 3.93. The molecule has 0 bridgehead atoms. The van der Waals surface area contributed by atoms with Crippen molar-refractivity contribution < 1.29 is 19.5 Å². The van der Waals surface area contributed by atoms with Gasteiger partial charge in [0.1, 0.15) is 5.54 Å². The summed E-state index contributed by atoms with van der Waals surface area (Å²) >= 11 is 0. The summed E-state index contributed by atoms with van der Waals surface area (Å²) < 4.78 is 0. The van der Waals surface area contributed by atoms with Gasteiger partial charge in [-0.2, -0.15) is 0 Å². The minimum atomic E-state index is -1.12. The second-order valence-corrected chi connectivity index (χ2v) is 5.43. The van der Waals surface area contributed by atoms with Crippen molar-refractivity contribution in [3.8, 4) is 0 Å². The van der Waals surface area contributed by atoms with Crippen LogP contribution in [-0.2, 0) is 14.4 Å². The molecule has 0 saturated carbocycles. The van der Waals surface area contributed by atoms with Gasteiger partial charge in [-0.05, 0) is 26.2 Å². The minimum absolute atomic E-state index is 0.0535. The minimum Gasteiger partial charge on any atom is -0.480 e. The molecule has 2 unspecified atom stereocenters. The van der Waals surface area contributed by atoms with Gasteiger partial charge in [-0.25, -0.2) is 0 Å². The van der Waals surface area contributed by atoms with E-state index < -0.39 is 11.5 Å². The van der Waals surface area contributed by atoms with E-state index >= 15 is 0 Å². The number of primary amides is 1. The highest BCUT2D eigenvalue weighted by Crippen LogP contribution is 2.16. The Morgan fingerprint density at radius 1 is 1.45 bits per heavy atom. The third-order valence-electron chi connectivity index (χ3n) is 3.99. The van der Waals surface area contributed by atoms with E-state index in [1.165, 1.54) is 0 Å². The van der Waals surface area contributed by atoms with E-state index in [0.29, 0.717) is 25.9 Å². The molecule has 7 nitrogen and oxygen atoms in total. The number of piperidine rings is 1. The third-order valence-corrected chi connectivity index (χ3v) is 3.99. The first-order chi connectivity index (χ1) is 9.30. The first-order valence-corrected chi connectivity index (χ1v) is 6.85. The molecular weight excluding hydrogens is 262 g/mol. The summed E-state index contributed by atoms with van der Waals surface area (Å²) in [6.07, 6.45) is 1.82. The number of carboxylic acids is 1. The summed E-state index contributed by atoms with van der Waals surface area (Å²) in [7, 11) is 0. The maximum atomic E-state index is 12.1. The number of aliphatic carboxylic acids is 1. The topological polar surface area (TPSA) is 113 Å². The summed E-state index contributed by atoms with van der Waals surface area (Å²) in [6.45, 7) is 4.15. The SMILES string of the molecule is CCC(C)(NCC(=O)N1CCCC(C(N)=O)C1)C(=O)O. The molecule has 4 N–H and O–H groups in total. The van der Waals surface area contributed by atoms with Gasteiger partial charge in [-0.1, -0.05) is 6.92 Å². The van der Waals surface area contributed by atoms with Crippen LogP contribution in [0.3, 0.4) is 0 Å². The van der Waals surface area contributed by atoms with Crippen LogP contribution in [-0.4, -0.2) is 53.0 Å². The zero-order valence-electron chi connectivity index (χ0n) is 12.0. The van der Waals surface area contributed by atoms with Gasteiger partial charge in [0, 0.05) is 13.1 Å². The smallest absolute Gasteiger partial charge is 0.323 e. The number of nitrogens with one attached hydrogen (secondary N) is 1. The van der Waals surface area contributed by atoms with Crippen LogP contribution in [0.25, 0.3) is 0 Å². The number of nitrogens with two attached hydrogens (primary N) is 1. The molecule has 1 rings (SSSR count). The zero-order valence-corrected chi connectivity index (χ0v) is 12.0. The van der Waals surface area contributed by atoms with Crippen molar-refractivity contribution in [3.63, 3.8) is 0 Å². The lowest BCUT2D eigenvalue weighted by molar-refractivity contribution is -0.144. The van der Waals surface area contributed by atoms with Gasteiger partial charge >= 0.3 is 5.97 Å². The van der Waals surface area contributed by atoms with Crippen LogP contribution >= 0.6 is 0 Å². The number of carbonyl (C=O) groups excluding carboxylic acids is 2. The second-order valence-electron chi connectivity index (χ2n) is 5.43. The molecule has 2 amide bonds. The number of nitrogens with zero attached hydrogens (tertiary/aromatic N) is 1. The average molecular weight is 285 g/mol. The Kier molecular flexibility index (Phi) is 5.50. The van der Waals surface area contributed by atoms with Crippen LogP contribution in [0, 0.1) is 5.92 Å². The molecule has 0 aliphatic carbocycles. The van der Waals surface area contributed by atoms with Gasteiger partial charge in [0.25, 0.3) is 0 Å². The Hall–Kier alpha value is -1.63. The molecule has 1 fully saturated rings. The maximum absolute atomic E-state index is 12.1. The number of amides is 2. The number of rotatable bonds is 6. The molecule has 2 atom stereocenters. The molecule has 0 spiro atoms. The van der Waals surface area contributed by atoms with Crippen molar-refractivity contribution in [2.45, 2.75) is 38.6 Å². The van der Waals surface area contributed by atoms with Gasteiger partial charge in [0.15, 0.2) is 0 Å². The maximum Gasteiger partial charge on any atom is 0.323 e. The summed E-state index contributed by atoms with van der Waals surface area (Å²) in [5.41, 5.74) is 4.15. The van der Waals surface area contributed by atoms with E-state index in [2.05, 4.69) is 5.32 Å². The summed E-state index contributed by atoms with van der Waals surface area (Å²) in [4.78, 5) is 35.9. The lowest BCUT2D eigenvalue weighted by Gasteiger charge is -2.32. The predicted molar refractivity (Wildman–Crippen MR) is 72.8 cm³/mol. The van der Waals surface area contributed by atoms with E-state index in [0.717, 1.165) is 6.42 Å². The summed E-state index contributed by atoms with van der Waals surface area (Å²) in [6, 6.07) is 0. The average Bonchev–Trinajstić information content (AvgIpc) is 2.44. The van der Waals surface area contributed by atoms with Gasteiger partial charge in [0.2, 0.25) is 11.8 Å². The van der Waals surface area contributed by atoms with Crippen LogP contribution in [0.5, 0.6) is 0 Å². The van der Waals surface area contributed by atoms with Crippen molar-refractivity contribution in [2.75, 3.05) is 19.6 Å². The quantitative estimate of drug-likeness (QED) is 0.612. The summed E-state index contributed by atoms with van der Waals surface area (Å²) in [5.74, 6) is -1.87. The lowest BCUT2D eigenvalue weighted by Crippen LogP contribution is -2.54. The zero-order chi connectivity index (χ0) is 15.3. The van der Waals surface area contributed by atoms with Gasteiger partial charge in [0.05, 0.1) is 12.5 Å². The molecule has 20 heavy (non-hydrogen) atoms. The number of hydrogen-bond acceptors (Lipinski definition) is 4. The molecule has 7 heteroatoms. The Labute approximate surface area is 118 Å². The number of carboxylic acid groups (broad SMARTS) is 1. The first kappa shape index (κ1) is 16.4. The van der Waals surface area contributed by atoms with Crippen molar-refractivity contribution in [3.05, 3.63) is 0 Å². The van der Waals surface area contributed by atoms with Crippen LogP contribution < -0.4 is 11.1 Å². The van der Waals surface area contributed by atoms with Crippen molar-refractivity contribution >= 4 is 17.8 Å². The Bertz CT molecular complexity index is 399. The number of hydrogen-bond donors (Lipinski definition) is 3. The molecule has 0 aromatic heterocycles. The highest BCUT2D eigenvalue weighted by molar-refractivity contribution is 5.83. The molecule has 0 radical (unpaired) electrons. The second kappa shape index (κ2) is 6.69. The largest absolute Gasteiger partial charge is 0.480 e. The fourth-order valence-electron chi connectivity index (χ4n) is 2.17. The highest BCUT2D eigenvalue weighted by atomic mass is 16.4. The number of carbonyl (C=O) groups is 3. The highest BCUT2D eigenvalue weighted by Gasteiger charge is 2.32. The van der Waals surface area contributed by atoms with Gasteiger partial charge in [-0.15, -0.1) is 0 Å². The van der Waals surface area contributed by atoms with E-state index in [4.69, 9.17) is 10.8 Å². The molecule has 1 aliphatic heterocycles. The van der Waals surface area contributed by atoms with Crippen molar-refractivity contribution in [2.24, 2.45) is 11.7 Å². The normalized spacial score (nSPS) is 22.1. The van der Waals surface area contributed by atoms with E-state index in [-0.39, 0.29) is 24.3 Å². The van der Waals surface area contributed by atoms with E-state index in [1.807, 2.05) is 0 Å². The fraction of sp³-hybridized carbons (Fsp3) is 0.769. The molecule has 0 aromatic carbocycles. The van der Waals surface area contributed by atoms with Gasteiger partial charge in [-0.3, -0.25) is 19.7 Å². The lowest BCUT2D eigenvalue weighted by atomic mass is 9.97. The first-order valence-electron chi connectivity index (χ1n) is 6.85. The summed E-state index contributed by atoms with van der Waals surface area (Å²) in [5, 5.41) is 11.9. The van der Waals surface area contributed by atoms with Crippen LogP contribution in [0.15, 0.2) is 0 Å². The molecule has 114 valence electrons. The van der Waals surface area contributed by atoms with Crippen LogP contribution in [0.2, 0.25) is 0 Å². The van der Waals surface area contributed by atoms with Crippen molar-refractivity contribution in [1.29, 1.82) is 0 Å². The van der Waals surface area contributed by atoms with E-state index in [1.54, 1.807) is 18.7 Å². The monoisotopic (exact) mass is 285 g/mol. The molecule has 1 aliphatic rings. The van der Waals surface area contributed by atoms with E-state index in [9.17, 15) is 14.4 Å². The molecule has 1 saturated heterocycles. The molecule has 1 heterocycles. The Balaban J connectivity index is 2.54. The fourth-order valence-corrected chi connectivity index (χ4v) is 2.17. The predicted octanol–water partition coefficient (Wildman–Crippen LogP) is -0.447. The van der Waals surface area contributed by atoms with Crippen molar-refractivity contribution in [1.82, 2.24) is 10.2 Å². The van der Waals surface area contributed by atoms with Crippen LogP contribution in [0.1, 0.15) is 33.1 Å². The standard InChI is InChI=1S/C13H23N3O4/c1-3-13(2,12(19)20)15-7-10(17)16-6-4-5-9(8-16)11(14)18/h9,15H,3-8H2,1-2H3,(H2,14,18)(H,19,20). The molecular formula is C13H23N3O4. The number of likely N-dealkylation sites (tertiary alicyclic amines) is 1. The Morgan fingerprint density at radius 2 is 2.10 bits per heavy atom. The van der Waals surface area contributed by atoms with Crippen LogP contribution in [0.4, 0.5) is 0 Å². The molecule has 0 aromatic rings. The Morgan fingerprint density at radius 3 is 2.60 bits per heavy atom. The van der Waals surface area contributed by atoms with Gasteiger partial charge < -0.3 is 15.7 Å².